The maximum absolute atomic E-state index is 12.5. The zero-order valence-corrected chi connectivity index (χ0v) is 10.7. The summed E-state index contributed by atoms with van der Waals surface area (Å²) in [6.07, 6.45) is 0.550. The van der Waals surface area contributed by atoms with Crippen LogP contribution in [0.25, 0.3) is 0 Å². The van der Waals surface area contributed by atoms with Crippen LogP contribution in [0.15, 0.2) is 28.0 Å². The molecule has 1 N–H and O–H groups in total. The Morgan fingerprint density at radius 3 is 1.95 bits per heavy atom. The first-order valence-electron chi connectivity index (χ1n) is 4.34. The Hall–Kier alpha value is -1.36. The molecule has 0 radical (unpaired) electrons. The van der Waals surface area contributed by atoms with E-state index in [1.807, 2.05) is 0 Å². The normalized spacial score (nSPS) is 16.5. The van der Waals surface area contributed by atoms with Crippen molar-refractivity contribution in [2.45, 2.75) is 9.79 Å². The highest BCUT2D eigenvalue weighted by Gasteiger charge is 2.65. The van der Waals surface area contributed by atoms with Crippen LogP contribution in [0.1, 0.15) is 10.4 Å². The fourth-order valence-corrected chi connectivity index (χ4v) is 2.77. The molecule has 1 aromatic rings. The number of carboxylic acids is 1. The van der Waals surface area contributed by atoms with Crippen molar-refractivity contribution in [3.8, 4) is 0 Å². The molecule has 11 heteroatoms. The molecule has 0 heterocycles. The van der Waals surface area contributed by atoms with Gasteiger partial charge in [0.2, 0.25) is 0 Å². The molecular weight excluding hydrogens is 319 g/mol. The Morgan fingerprint density at radius 2 is 1.63 bits per heavy atom. The lowest BCUT2D eigenvalue weighted by atomic mass is 10.2. The number of hydrogen-bond acceptors (Lipinski definition) is 3. The maximum Gasteiger partial charge on any atom is 0.337 e. The molecule has 0 fully saturated rings. The highest BCUT2D eigenvalue weighted by atomic mass is 32.5. The summed E-state index contributed by atoms with van der Waals surface area (Å²) in [6.45, 7) is 0. The fourth-order valence-electron chi connectivity index (χ4n) is 1.24. The van der Waals surface area contributed by atoms with E-state index in [0.717, 1.165) is 0 Å². The van der Waals surface area contributed by atoms with Gasteiger partial charge in [-0.3, -0.25) is 0 Å². The first-order valence-corrected chi connectivity index (χ1v) is 8.18. The van der Waals surface area contributed by atoms with Crippen molar-refractivity contribution in [3.05, 3.63) is 23.8 Å². The number of carboxylic acid groups (broad SMARTS) is 1. The lowest BCUT2D eigenvalue weighted by Gasteiger charge is -2.40. The smallest absolute Gasteiger partial charge is 0.337 e. The summed E-state index contributed by atoms with van der Waals surface area (Å²) in [5.74, 6) is -2.05. The lowest BCUT2D eigenvalue weighted by molar-refractivity contribution is 0.0692. The van der Waals surface area contributed by atoms with Crippen molar-refractivity contribution in [2.75, 3.05) is 6.26 Å². The van der Waals surface area contributed by atoms with E-state index in [1.54, 1.807) is 0 Å². The van der Waals surface area contributed by atoms with E-state index in [2.05, 4.69) is 0 Å². The SMILES string of the molecule is CS(=O)(=O)c1ccc(S(F)(F)(F)(F)F)cc1C(=O)O. The second-order valence-corrected chi connectivity index (χ2v) is 8.10. The van der Waals surface area contributed by atoms with Gasteiger partial charge in [0.05, 0.1) is 10.5 Å². The topological polar surface area (TPSA) is 71.4 Å². The van der Waals surface area contributed by atoms with Gasteiger partial charge in [-0.05, 0) is 18.2 Å². The van der Waals surface area contributed by atoms with Crippen molar-refractivity contribution >= 4 is 26.0 Å². The largest absolute Gasteiger partial charge is 0.478 e. The van der Waals surface area contributed by atoms with Crippen molar-refractivity contribution in [2.24, 2.45) is 0 Å². The van der Waals surface area contributed by atoms with E-state index in [4.69, 9.17) is 5.11 Å². The van der Waals surface area contributed by atoms with Crippen LogP contribution in [-0.2, 0) is 9.84 Å². The summed E-state index contributed by atoms with van der Waals surface area (Å²) < 4.78 is 84.7. The molecule has 0 spiro atoms. The number of halogens is 5. The van der Waals surface area contributed by atoms with Gasteiger partial charge in [-0.1, -0.05) is 19.4 Å². The van der Waals surface area contributed by atoms with Crippen molar-refractivity contribution in [1.82, 2.24) is 0 Å². The van der Waals surface area contributed by atoms with Gasteiger partial charge in [0.15, 0.2) is 9.84 Å². The quantitative estimate of drug-likeness (QED) is 0.864. The standard InChI is InChI=1S/C8H7F5O4S2/c1-18(16,17)7-3-2-5(4-6(7)8(14)15)19(9,10,11,12)13/h2-4H,1H3,(H,14,15). The third-order valence-corrected chi connectivity index (χ3v) is 4.33. The number of carbonyl (C=O) groups is 1. The fraction of sp³-hybridized carbons (Fsp3) is 0.125. The van der Waals surface area contributed by atoms with Crippen LogP contribution in [0.2, 0.25) is 0 Å². The Morgan fingerprint density at radius 1 is 1.16 bits per heavy atom. The molecule has 0 saturated carbocycles. The summed E-state index contributed by atoms with van der Waals surface area (Å²) >= 11 is 0. The van der Waals surface area contributed by atoms with E-state index in [9.17, 15) is 32.6 Å². The van der Waals surface area contributed by atoms with Gasteiger partial charge >= 0.3 is 16.2 Å². The molecule has 19 heavy (non-hydrogen) atoms. The van der Waals surface area contributed by atoms with Gasteiger partial charge in [0, 0.05) is 6.26 Å². The molecule has 1 aromatic carbocycles. The predicted octanol–water partition coefficient (Wildman–Crippen LogP) is 3.45. The molecule has 0 aliphatic rings. The maximum atomic E-state index is 12.5. The van der Waals surface area contributed by atoms with E-state index in [1.165, 1.54) is 0 Å². The molecule has 0 aliphatic carbocycles. The van der Waals surface area contributed by atoms with Gasteiger partial charge in [0.25, 0.3) is 0 Å². The predicted molar refractivity (Wildman–Crippen MR) is 57.9 cm³/mol. The minimum Gasteiger partial charge on any atom is -0.478 e. The van der Waals surface area contributed by atoms with Crippen LogP contribution in [0, 0.1) is 0 Å². The third kappa shape index (κ3) is 3.56. The molecule has 0 amide bonds. The molecule has 0 bridgehead atoms. The Labute approximate surface area is 104 Å². The number of sulfone groups is 1. The molecule has 4 nitrogen and oxygen atoms in total. The Kier molecular flexibility index (Phi) is 2.80. The van der Waals surface area contributed by atoms with Crippen LogP contribution < -0.4 is 0 Å². The van der Waals surface area contributed by atoms with Crippen LogP contribution in [-0.4, -0.2) is 25.7 Å². The van der Waals surface area contributed by atoms with E-state index < -0.39 is 41.4 Å². The van der Waals surface area contributed by atoms with Crippen molar-refractivity contribution in [3.63, 3.8) is 0 Å². The van der Waals surface area contributed by atoms with Crippen molar-refractivity contribution in [1.29, 1.82) is 0 Å². The molecule has 110 valence electrons. The van der Waals surface area contributed by atoms with Crippen LogP contribution >= 0.6 is 10.2 Å². The Balaban J connectivity index is 3.75. The van der Waals surface area contributed by atoms with Crippen molar-refractivity contribution < 1.29 is 37.7 Å². The van der Waals surface area contributed by atoms with Crippen LogP contribution in [0.3, 0.4) is 0 Å². The zero-order chi connectivity index (χ0) is 15.3. The van der Waals surface area contributed by atoms with E-state index in [-0.39, 0.29) is 18.2 Å². The minimum atomic E-state index is -10.1. The first kappa shape index (κ1) is 15.7. The zero-order valence-electron chi connectivity index (χ0n) is 9.11. The highest BCUT2D eigenvalue weighted by Crippen LogP contribution is 3.02. The second-order valence-electron chi connectivity index (χ2n) is 3.70. The molecule has 0 unspecified atom stereocenters. The average Bonchev–Trinajstić information content (AvgIpc) is 2.11. The van der Waals surface area contributed by atoms with Crippen LogP contribution in [0.5, 0.6) is 0 Å². The summed E-state index contributed by atoms with van der Waals surface area (Å²) in [7, 11) is -14.2. The summed E-state index contributed by atoms with van der Waals surface area (Å²) in [5.41, 5.74) is -1.35. The van der Waals surface area contributed by atoms with Gasteiger partial charge in [-0.2, -0.15) is 0 Å². The molecule has 0 saturated heterocycles. The monoisotopic (exact) mass is 326 g/mol. The molecule has 0 aromatic heterocycles. The summed E-state index contributed by atoms with van der Waals surface area (Å²) in [5, 5.41) is 8.62. The number of aromatic carboxylic acids is 1. The average molecular weight is 326 g/mol. The molecule has 0 aliphatic heterocycles. The third-order valence-electron chi connectivity index (χ3n) is 2.03. The Bertz CT molecular complexity index is 662. The van der Waals surface area contributed by atoms with Gasteiger partial charge in [0.1, 0.15) is 4.90 Å². The number of hydrogen-bond donors (Lipinski definition) is 1. The highest BCUT2D eigenvalue weighted by molar-refractivity contribution is 8.45. The lowest BCUT2D eigenvalue weighted by Crippen LogP contribution is -2.12. The molecule has 1 rings (SSSR count). The summed E-state index contributed by atoms with van der Waals surface area (Å²) in [4.78, 5) is 7.27. The minimum absolute atomic E-state index is 0.148. The van der Waals surface area contributed by atoms with Gasteiger partial charge in [-0.25, -0.2) is 13.2 Å². The number of rotatable bonds is 3. The number of benzene rings is 1. The van der Waals surface area contributed by atoms with Gasteiger partial charge in [-0.15, -0.1) is 0 Å². The van der Waals surface area contributed by atoms with Gasteiger partial charge < -0.3 is 5.11 Å². The summed E-state index contributed by atoms with van der Waals surface area (Å²) in [6, 6.07) is -0.323. The van der Waals surface area contributed by atoms with Crippen LogP contribution in [0.4, 0.5) is 19.4 Å². The molecular formula is C8H7F5O4S2. The second kappa shape index (κ2) is 3.39. The van der Waals surface area contributed by atoms with E-state index >= 15 is 0 Å². The van der Waals surface area contributed by atoms with E-state index in [0.29, 0.717) is 6.26 Å². The molecule has 0 atom stereocenters. The first-order chi connectivity index (χ1) is 8.02.